The lowest BCUT2D eigenvalue weighted by Crippen LogP contribution is -2.32. The molecule has 1 heterocycles. The lowest BCUT2D eigenvalue weighted by Gasteiger charge is -2.11. The Balaban J connectivity index is 1.98. The van der Waals surface area contributed by atoms with Gasteiger partial charge in [0.2, 0.25) is 0 Å². The van der Waals surface area contributed by atoms with Crippen LogP contribution in [0.25, 0.3) is 11.3 Å². The van der Waals surface area contributed by atoms with E-state index in [9.17, 15) is 8.42 Å². The van der Waals surface area contributed by atoms with Crippen LogP contribution in [-0.4, -0.2) is 36.4 Å². The lowest BCUT2D eigenvalue weighted by molar-refractivity contribution is 0.553. The van der Waals surface area contributed by atoms with Crippen LogP contribution in [0.15, 0.2) is 34.9 Å². The smallest absolute Gasteiger partial charge is 0.148 e. The van der Waals surface area contributed by atoms with Crippen LogP contribution in [0.1, 0.15) is 12.7 Å². The third-order valence-electron chi connectivity index (χ3n) is 2.93. The average molecular weight is 372 g/mol. The summed E-state index contributed by atoms with van der Waals surface area (Å²) in [5, 5.41) is 3.15. The van der Waals surface area contributed by atoms with Gasteiger partial charge in [-0.05, 0) is 19.1 Å². The molecule has 114 valence electrons. The number of halogens is 1. The van der Waals surface area contributed by atoms with Crippen LogP contribution >= 0.6 is 15.9 Å². The molecule has 0 saturated carbocycles. The first-order valence-electron chi connectivity index (χ1n) is 6.54. The van der Waals surface area contributed by atoms with Crippen molar-refractivity contribution in [1.29, 1.82) is 0 Å². The Hall–Kier alpha value is -1.18. The molecule has 0 saturated heterocycles. The first-order chi connectivity index (χ1) is 9.83. The number of aromatic nitrogens is 2. The molecule has 7 heteroatoms. The van der Waals surface area contributed by atoms with Crippen molar-refractivity contribution in [2.24, 2.45) is 0 Å². The minimum absolute atomic E-state index is 0.112. The van der Waals surface area contributed by atoms with Crippen molar-refractivity contribution < 1.29 is 8.42 Å². The van der Waals surface area contributed by atoms with Gasteiger partial charge in [-0.15, -0.1) is 0 Å². The Morgan fingerprint density at radius 2 is 2.19 bits per heavy atom. The number of hydrogen-bond donors (Lipinski definition) is 2. The van der Waals surface area contributed by atoms with Crippen LogP contribution in [0, 0.1) is 0 Å². The van der Waals surface area contributed by atoms with Crippen LogP contribution in [0.2, 0.25) is 0 Å². The number of H-pyrrole nitrogens is 1. The number of nitrogens with zero attached hydrogens (tertiary/aromatic N) is 1. The van der Waals surface area contributed by atoms with E-state index in [1.807, 2.05) is 31.2 Å². The fourth-order valence-corrected chi connectivity index (χ4v) is 3.46. The number of aromatic amines is 1. The van der Waals surface area contributed by atoms with E-state index in [-0.39, 0.29) is 11.8 Å². The quantitative estimate of drug-likeness (QED) is 0.817. The summed E-state index contributed by atoms with van der Waals surface area (Å²) in [4.78, 5) is 7.54. The molecule has 1 atom stereocenters. The highest BCUT2D eigenvalue weighted by molar-refractivity contribution is 9.10. The van der Waals surface area contributed by atoms with Crippen molar-refractivity contribution >= 4 is 25.8 Å². The minimum Gasteiger partial charge on any atom is -0.341 e. The molecule has 0 aliphatic carbocycles. The number of nitrogens with one attached hydrogen (secondary N) is 2. The van der Waals surface area contributed by atoms with Crippen molar-refractivity contribution in [2.45, 2.75) is 19.5 Å². The van der Waals surface area contributed by atoms with Crippen molar-refractivity contribution in [1.82, 2.24) is 15.3 Å². The summed E-state index contributed by atoms with van der Waals surface area (Å²) in [6.07, 6.45) is 3.02. The maximum Gasteiger partial charge on any atom is 0.148 e. The molecular weight excluding hydrogens is 354 g/mol. The molecule has 0 aliphatic heterocycles. The molecule has 2 rings (SSSR count). The standard InChI is InChI=1S/C14H18BrN3O2S/c1-10(9-21(2,19)20)16-8-14-17-7-13(18-14)11-4-3-5-12(15)6-11/h3-7,10,16H,8-9H2,1-2H3,(H,17,18). The summed E-state index contributed by atoms with van der Waals surface area (Å²) in [6, 6.07) is 7.83. The summed E-state index contributed by atoms with van der Waals surface area (Å²) in [7, 11) is -2.97. The zero-order valence-electron chi connectivity index (χ0n) is 11.9. The molecule has 2 aromatic rings. The van der Waals surface area contributed by atoms with E-state index in [1.165, 1.54) is 6.26 Å². The molecule has 0 radical (unpaired) electrons. The second-order valence-corrected chi connectivity index (χ2v) is 8.23. The topological polar surface area (TPSA) is 74.8 Å². The second kappa shape index (κ2) is 6.72. The number of imidazole rings is 1. The fraction of sp³-hybridized carbons (Fsp3) is 0.357. The van der Waals surface area contributed by atoms with Gasteiger partial charge in [0.05, 0.1) is 24.2 Å². The first-order valence-corrected chi connectivity index (χ1v) is 9.40. The van der Waals surface area contributed by atoms with Gasteiger partial charge in [-0.3, -0.25) is 0 Å². The van der Waals surface area contributed by atoms with Crippen molar-refractivity contribution in [3.8, 4) is 11.3 Å². The summed E-state index contributed by atoms with van der Waals surface area (Å²) >= 11 is 3.44. The minimum atomic E-state index is -2.97. The van der Waals surface area contributed by atoms with Crippen molar-refractivity contribution in [3.63, 3.8) is 0 Å². The Morgan fingerprint density at radius 3 is 2.86 bits per heavy atom. The van der Waals surface area contributed by atoms with Crippen LogP contribution in [0.5, 0.6) is 0 Å². The van der Waals surface area contributed by atoms with Gasteiger partial charge < -0.3 is 10.3 Å². The van der Waals surface area contributed by atoms with E-state index in [2.05, 4.69) is 31.2 Å². The summed E-state index contributed by atoms with van der Waals surface area (Å²) in [6.45, 7) is 2.35. The predicted molar refractivity (Wildman–Crippen MR) is 87.7 cm³/mol. The number of hydrogen-bond acceptors (Lipinski definition) is 4. The SMILES string of the molecule is CC(CS(C)(=O)=O)NCc1ncc(-c2cccc(Br)c2)[nH]1. The lowest BCUT2D eigenvalue weighted by atomic mass is 10.2. The third kappa shape index (κ3) is 5.26. The first kappa shape index (κ1) is 16.2. The zero-order valence-corrected chi connectivity index (χ0v) is 14.3. The molecule has 5 nitrogen and oxygen atoms in total. The Bertz CT molecular complexity index is 713. The van der Waals surface area contributed by atoms with Gasteiger partial charge in [-0.25, -0.2) is 13.4 Å². The average Bonchev–Trinajstić information content (AvgIpc) is 2.83. The largest absolute Gasteiger partial charge is 0.341 e. The monoisotopic (exact) mass is 371 g/mol. The zero-order chi connectivity index (χ0) is 15.5. The van der Waals surface area contributed by atoms with Gasteiger partial charge in [0.25, 0.3) is 0 Å². The van der Waals surface area contributed by atoms with Gasteiger partial charge in [0.1, 0.15) is 15.7 Å². The highest BCUT2D eigenvalue weighted by atomic mass is 79.9. The maximum atomic E-state index is 11.2. The number of sulfone groups is 1. The molecule has 1 aromatic carbocycles. The van der Waals surface area contributed by atoms with E-state index < -0.39 is 9.84 Å². The molecule has 21 heavy (non-hydrogen) atoms. The van der Waals surface area contributed by atoms with E-state index in [0.29, 0.717) is 6.54 Å². The van der Waals surface area contributed by atoms with E-state index in [4.69, 9.17) is 0 Å². The van der Waals surface area contributed by atoms with Crippen LogP contribution in [-0.2, 0) is 16.4 Å². The maximum absolute atomic E-state index is 11.2. The predicted octanol–water partition coefficient (Wildman–Crippen LogP) is 2.36. The van der Waals surface area contributed by atoms with Gasteiger partial charge in [0, 0.05) is 22.3 Å². The Labute approximate surface area is 133 Å². The van der Waals surface area contributed by atoms with Gasteiger partial charge in [-0.1, -0.05) is 28.1 Å². The van der Waals surface area contributed by atoms with Crippen molar-refractivity contribution in [2.75, 3.05) is 12.0 Å². The Morgan fingerprint density at radius 1 is 1.43 bits per heavy atom. The summed E-state index contributed by atoms with van der Waals surface area (Å²) < 4.78 is 23.4. The summed E-state index contributed by atoms with van der Waals surface area (Å²) in [5.74, 6) is 0.900. The van der Waals surface area contributed by atoms with Crippen LogP contribution in [0.4, 0.5) is 0 Å². The summed E-state index contributed by atoms with van der Waals surface area (Å²) in [5.41, 5.74) is 1.98. The molecule has 0 spiro atoms. The number of rotatable bonds is 6. The molecule has 0 fully saturated rings. The van der Waals surface area contributed by atoms with Crippen molar-refractivity contribution in [3.05, 3.63) is 40.8 Å². The fourth-order valence-electron chi connectivity index (χ4n) is 2.04. The number of benzene rings is 1. The van der Waals surface area contributed by atoms with Crippen LogP contribution in [0.3, 0.4) is 0 Å². The Kier molecular flexibility index (Phi) is 5.18. The van der Waals surface area contributed by atoms with Gasteiger partial charge in [0.15, 0.2) is 0 Å². The van der Waals surface area contributed by atoms with Crippen LogP contribution < -0.4 is 5.32 Å². The molecule has 1 aromatic heterocycles. The highest BCUT2D eigenvalue weighted by Gasteiger charge is 2.11. The molecule has 2 N–H and O–H groups in total. The third-order valence-corrected chi connectivity index (χ3v) is 4.53. The van der Waals surface area contributed by atoms with Gasteiger partial charge >= 0.3 is 0 Å². The van der Waals surface area contributed by atoms with E-state index in [1.54, 1.807) is 6.20 Å². The molecule has 0 aliphatic rings. The molecule has 0 bridgehead atoms. The van der Waals surface area contributed by atoms with Gasteiger partial charge in [-0.2, -0.15) is 0 Å². The molecular formula is C14H18BrN3O2S. The second-order valence-electron chi connectivity index (χ2n) is 5.13. The molecule has 0 amide bonds. The molecule has 1 unspecified atom stereocenters. The van der Waals surface area contributed by atoms with E-state index in [0.717, 1.165) is 21.6 Å². The highest BCUT2D eigenvalue weighted by Crippen LogP contribution is 2.21. The normalized spacial score (nSPS) is 13.3. The van der Waals surface area contributed by atoms with E-state index >= 15 is 0 Å².